The molecule has 2 atom stereocenters. The standard InChI is InChI=1S/C15H42Si5/c1-11(2)16-18(13(5)6)20(15(9)10)19(14(7)8)17-12(3)4/h11-15,18-20H,16-17H2,1-10H3. The van der Waals surface area contributed by atoms with Gasteiger partial charge in [-0.25, -0.2) is 0 Å². The van der Waals surface area contributed by atoms with Crippen molar-refractivity contribution < 1.29 is 0 Å². The highest BCUT2D eigenvalue weighted by atomic mass is 29.9. The van der Waals surface area contributed by atoms with Crippen LogP contribution in [0.3, 0.4) is 0 Å². The molecular weight excluding hydrogens is 321 g/mol. The summed E-state index contributed by atoms with van der Waals surface area (Å²) < 4.78 is 0. The Hall–Kier alpha value is 1.08. The zero-order valence-corrected chi connectivity index (χ0v) is 22.3. The first-order chi connectivity index (χ1) is 9.07. The predicted octanol–water partition coefficient (Wildman–Crippen LogP) is 3.04. The van der Waals surface area contributed by atoms with E-state index in [2.05, 4.69) is 69.2 Å². The molecule has 0 aromatic rings. The van der Waals surface area contributed by atoms with Crippen LogP contribution in [-0.4, -0.2) is 41.6 Å². The molecule has 0 radical (unpaired) electrons. The lowest BCUT2D eigenvalue weighted by Crippen LogP contribution is -2.59. The predicted molar refractivity (Wildman–Crippen MR) is 114 cm³/mol. The molecule has 0 aromatic heterocycles. The molecule has 0 aromatic carbocycles. The van der Waals surface area contributed by atoms with Crippen molar-refractivity contribution in [3.63, 3.8) is 0 Å². The molecule has 0 saturated carbocycles. The van der Waals surface area contributed by atoms with Gasteiger partial charge in [-0.1, -0.05) is 96.9 Å². The Morgan fingerprint density at radius 2 is 0.800 bits per heavy atom. The molecule has 0 aliphatic rings. The van der Waals surface area contributed by atoms with Gasteiger partial charge in [-0.3, -0.25) is 0 Å². The van der Waals surface area contributed by atoms with Crippen molar-refractivity contribution in [2.24, 2.45) is 0 Å². The Balaban J connectivity index is 5.31. The van der Waals surface area contributed by atoms with E-state index in [1.807, 2.05) is 0 Å². The molecule has 20 heavy (non-hydrogen) atoms. The zero-order chi connectivity index (χ0) is 16.0. The lowest BCUT2D eigenvalue weighted by Gasteiger charge is -2.39. The minimum absolute atomic E-state index is 0.271. The molecule has 0 saturated heterocycles. The summed E-state index contributed by atoms with van der Waals surface area (Å²) in [5.41, 5.74) is 5.55. The molecule has 0 rings (SSSR count). The highest BCUT2D eigenvalue weighted by Gasteiger charge is 2.38. The first-order valence-electron chi connectivity index (χ1n) is 9.07. The minimum atomic E-state index is -0.364. The van der Waals surface area contributed by atoms with Gasteiger partial charge >= 0.3 is 0 Å². The molecule has 0 bridgehead atoms. The summed E-state index contributed by atoms with van der Waals surface area (Å²) in [4.78, 5) is 0. The normalized spacial score (nSPS) is 18.8. The van der Waals surface area contributed by atoms with Crippen molar-refractivity contribution in [2.45, 2.75) is 96.9 Å². The molecule has 0 aliphatic heterocycles. The van der Waals surface area contributed by atoms with Gasteiger partial charge in [0.1, 0.15) is 0 Å². The van der Waals surface area contributed by atoms with Crippen molar-refractivity contribution in [1.82, 2.24) is 0 Å². The summed E-state index contributed by atoms with van der Waals surface area (Å²) >= 11 is 0. The summed E-state index contributed by atoms with van der Waals surface area (Å²) in [7, 11) is -0.494. The van der Waals surface area contributed by atoms with E-state index < -0.39 is 0 Å². The van der Waals surface area contributed by atoms with Crippen LogP contribution in [0.4, 0.5) is 0 Å². The van der Waals surface area contributed by atoms with Gasteiger partial charge in [0, 0.05) is 41.6 Å². The summed E-state index contributed by atoms with van der Waals surface area (Å²) in [5.74, 6) is 0. The van der Waals surface area contributed by atoms with Crippen LogP contribution in [0.15, 0.2) is 0 Å². The van der Waals surface area contributed by atoms with Crippen molar-refractivity contribution in [1.29, 1.82) is 0 Å². The largest absolute Gasteiger partial charge is 0.0660 e. The smallest absolute Gasteiger partial charge is 0.0178 e. The summed E-state index contributed by atoms with van der Waals surface area (Å²) in [6, 6.07) is 0. The van der Waals surface area contributed by atoms with E-state index in [0.29, 0.717) is 0 Å². The summed E-state index contributed by atoms with van der Waals surface area (Å²) in [6.07, 6.45) is 0. The zero-order valence-electron chi connectivity index (χ0n) is 16.0. The lowest BCUT2D eigenvalue weighted by atomic mass is 10.6. The highest BCUT2D eigenvalue weighted by molar-refractivity contribution is 7.71. The Morgan fingerprint density at radius 3 is 0.950 bits per heavy atom. The summed E-state index contributed by atoms with van der Waals surface area (Å²) in [6.45, 7) is 25.8. The summed E-state index contributed by atoms with van der Waals surface area (Å²) in [5, 5.41) is 0. The van der Waals surface area contributed by atoms with Gasteiger partial charge in [0.05, 0.1) is 0 Å². The number of hydrogen-bond donors (Lipinski definition) is 0. The maximum Gasteiger partial charge on any atom is 0.0178 e. The van der Waals surface area contributed by atoms with Gasteiger partial charge in [0.15, 0.2) is 0 Å². The van der Waals surface area contributed by atoms with Crippen molar-refractivity contribution >= 4 is 41.6 Å². The van der Waals surface area contributed by atoms with Crippen LogP contribution in [0.25, 0.3) is 0 Å². The van der Waals surface area contributed by atoms with Crippen molar-refractivity contribution in [3.05, 3.63) is 0 Å². The van der Waals surface area contributed by atoms with Gasteiger partial charge in [-0.05, 0) is 0 Å². The van der Waals surface area contributed by atoms with E-state index in [4.69, 9.17) is 0 Å². The Bertz CT molecular complexity index is 229. The molecule has 0 heterocycles. The monoisotopic (exact) mass is 362 g/mol. The van der Waals surface area contributed by atoms with Gasteiger partial charge < -0.3 is 0 Å². The maximum atomic E-state index is 2.63. The molecule has 5 heteroatoms. The molecule has 0 amide bonds. The average Bonchev–Trinajstić information content (AvgIpc) is 2.24. The second-order valence-corrected chi connectivity index (χ2v) is 47.1. The Morgan fingerprint density at radius 1 is 0.500 bits per heavy atom. The molecule has 0 N–H and O–H groups in total. The maximum absolute atomic E-state index is 2.63. The van der Waals surface area contributed by atoms with Crippen LogP contribution < -0.4 is 0 Å². The van der Waals surface area contributed by atoms with Crippen LogP contribution in [0.5, 0.6) is 0 Å². The van der Waals surface area contributed by atoms with Gasteiger partial charge in [0.2, 0.25) is 0 Å². The van der Waals surface area contributed by atoms with Gasteiger partial charge in [-0.2, -0.15) is 0 Å². The third-order valence-electron chi connectivity index (χ3n) is 4.96. The first kappa shape index (κ1) is 21.1. The van der Waals surface area contributed by atoms with Crippen molar-refractivity contribution in [3.8, 4) is 0 Å². The SMILES string of the molecule is CC(C)[SiH2][SiH](C(C)C)[SiH](C(C)C)[SiH]([SiH2]C(C)C)C(C)C. The molecule has 2 unspecified atom stereocenters. The molecule has 0 aliphatic carbocycles. The fourth-order valence-electron chi connectivity index (χ4n) is 4.14. The van der Waals surface area contributed by atoms with E-state index in [0.717, 1.165) is 27.7 Å². The lowest BCUT2D eigenvalue weighted by molar-refractivity contribution is 1.02. The highest BCUT2D eigenvalue weighted by Crippen LogP contribution is 2.27. The fraction of sp³-hybridized carbons (Fsp3) is 1.00. The van der Waals surface area contributed by atoms with E-state index in [1.54, 1.807) is 0 Å². The molecule has 122 valence electrons. The van der Waals surface area contributed by atoms with E-state index >= 15 is 0 Å². The van der Waals surface area contributed by atoms with Crippen molar-refractivity contribution in [2.75, 3.05) is 0 Å². The van der Waals surface area contributed by atoms with Gasteiger partial charge in [0.25, 0.3) is 0 Å². The molecule has 0 nitrogen and oxygen atoms in total. The number of hydrogen-bond acceptors (Lipinski definition) is 0. The second kappa shape index (κ2) is 9.97. The first-order valence-corrected chi connectivity index (χ1v) is 24.6. The quantitative estimate of drug-likeness (QED) is 0.553. The molecule has 0 fully saturated rings. The average molecular weight is 363 g/mol. The fourth-order valence-corrected chi connectivity index (χ4v) is 114. The molecular formula is C15H42Si5. The third-order valence-corrected chi connectivity index (χ3v) is 78.0. The second-order valence-electron chi connectivity index (χ2n) is 8.90. The van der Waals surface area contributed by atoms with E-state index in [-0.39, 0.29) is 41.6 Å². The minimum Gasteiger partial charge on any atom is -0.0660 e. The van der Waals surface area contributed by atoms with Gasteiger partial charge in [-0.15, -0.1) is 0 Å². The van der Waals surface area contributed by atoms with Crippen LogP contribution in [0.1, 0.15) is 69.2 Å². The molecule has 0 spiro atoms. The van der Waals surface area contributed by atoms with Crippen LogP contribution in [0, 0.1) is 0 Å². The van der Waals surface area contributed by atoms with E-state index in [9.17, 15) is 0 Å². The number of rotatable bonds is 9. The van der Waals surface area contributed by atoms with Crippen LogP contribution in [0.2, 0.25) is 27.7 Å². The van der Waals surface area contributed by atoms with Crippen LogP contribution in [-0.2, 0) is 0 Å². The Kier molecular flexibility index (Phi) is 10.5. The third kappa shape index (κ3) is 7.38. The van der Waals surface area contributed by atoms with Crippen LogP contribution >= 0.6 is 0 Å². The Labute approximate surface area is 138 Å². The topological polar surface area (TPSA) is 0 Å². The van der Waals surface area contributed by atoms with E-state index in [1.165, 1.54) is 0 Å².